The zero-order valence-electron chi connectivity index (χ0n) is 11.2. The molecule has 1 aromatic carbocycles. The molecule has 0 atom stereocenters. The Balaban J connectivity index is 1.94. The molecule has 0 saturated carbocycles. The van der Waals surface area contributed by atoms with Gasteiger partial charge in [0.2, 0.25) is 10.0 Å². The van der Waals surface area contributed by atoms with E-state index >= 15 is 0 Å². The summed E-state index contributed by atoms with van der Waals surface area (Å²) in [6.45, 7) is 1.14. The van der Waals surface area contributed by atoms with E-state index in [1.165, 1.54) is 17.4 Å². The van der Waals surface area contributed by atoms with Crippen LogP contribution >= 0.6 is 22.9 Å². The molecule has 1 aliphatic heterocycles. The van der Waals surface area contributed by atoms with Crippen molar-refractivity contribution in [3.8, 4) is 11.5 Å². The normalized spacial score (nSPS) is 13.9. The highest BCUT2D eigenvalue weighted by Gasteiger charge is 2.21. The largest absolute Gasteiger partial charge is 0.486 e. The summed E-state index contributed by atoms with van der Waals surface area (Å²) in [5, 5.41) is 8.29. The summed E-state index contributed by atoms with van der Waals surface area (Å²) in [6, 6.07) is 2.93. The van der Waals surface area contributed by atoms with Gasteiger partial charge in [-0.3, -0.25) is 0 Å². The fourth-order valence-corrected chi connectivity index (χ4v) is 3.62. The molecule has 1 aliphatic rings. The first-order valence-electron chi connectivity index (χ1n) is 6.24. The predicted octanol–water partition coefficient (Wildman–Crippen LogP) is 1.83. The maximum atomic E-state index is 11.8. The van der Waals surface area contributed by atoms with Gasteiger partial charge < -0.3 is 14.8 Å². The second-order valence-corrected chi connectivity index (χ2v) is 7.70. The van der Waals surface area contributed by atoms with Crippen molar-refractivity contribution in [2.45, 2.75) is 11.4 Å². The number of ether oxygens (including phenoxy) is 2. The van der Waals surface area contributed by atoms with Crippen LogP contribution in [0.3, 0.4) is 0 Å². The maximum Gasteiger partial charge on any atom is 0.240 e. The van der Waals surface area contributed by atoms with Gasteiger partial charge in [0.25, 0.3) is 0 Å². The van der Waals surface area contributed by atoms with Crippen molar-refractivity contribution < 1.29 is 17.9 Å². The van der Waals surface area contributed by atoms with Crippen LogP contribution < -0.4 is 19.9 Å². The van der Waals surface area contributed by atoms with E-state index < -0.39 is 10.0 Å². The topological polar surface area (TPSA) is 104 Å². The first-order chi connectivity index (χ1) is 10.4. The third-order valence-corrected chi connectivity index (χ3v) is 4.99. The van der Waals surface area contributed by atoms with Gasteiger partial charge in [0.15, 0.2) is 16.0 Å². The third-order valence-electron chi connectivity index (χ3n) is 2.93. The number of benzene rings is 1. The van der Waals surface area contributed by atoms with Crippen LogP contribution in [0.4, 0.5) is 5.69 Å². The van der Waals surface area contributed by atoms with E-state index in [-0.39, 0.29) is 4.90 Å². The van der Waals surface area contributed by atoms with Crippen LogP contribution in [-0.4, -0.2) is 26.6 Å². The van der Waals surface area contributed by atoms with Crippen LogP contribution in [0, 0.1) is 0 Å². The highest BCUT2D eigenvalue weighted by molar-refractivity contribution is 7.89. The first kappa shape index (κ1) is 15.3. The number of aromatic nitrogens is 1. The average Bonchev–Trinajstić information content (AvgIpc) is 2.89. The van der Waals surface area contributed by atoms with Crippen molar-refractivity contribution >= 4 is 38.6 Å². The number of hydrogen-bond acceptors (Lipinski definition) is 7. The summed E-state index contributed by atoms with van der Waals surface area (Å²) >= 11 is 7.07. The van der Waals surface area contributed by atoms with Gasteiger partial charge in [-0.2, -0.15) is 0 Å². The summed E-state index contributed by atoms with van der Waals surface area (Å²) < 4.78 is 34.8. The van der Waals surface area contributed by atoms with Crippen molar-refractivity contribution in [3.05, 3.63) is 27.7 Å². The molecule has 2 heterocycles. The average molecular weight is 362 g/mol. The lowest BCUT2D eigenvalue weighted by Crippen LogP contribution is -2.19. The summed E-state index contributed by atoms with van der Waals surface area (Å²) in [6.07, 6.45) is 1.62. The lowest BCUT2D eigenvalue weighted by molar-refractivity contribution is 0.171. The SMILES string of the molecule is NS(=O)(=O)c1cc2c(cc1NCc1cnc(Cl)s1)OCCO2. The summed E-state index contributed by atoms with van der Waals surface area (Å²) in [7, 11) is -3.90. The molecule has 0 radical (unpaired) electrons. The van der Waals surface area contributed by atoms with E-state index in [0.717, 1.165) is 4.88 Å². The summed E-state index contributed by atoms with van der Waals surface area (Å²) in [5.41, 5.74) is 0.344. The Morgan fingerprint density at radius 2 is 2.00 bits per heavy atom. The molecule has 0 fully saturated rings. The number of sulfonamides is 1. The Hall–Kier alpha value is -1.55. The van der Waals surface area contributed by atoms with Gasteiger partial charge in [-0.05, 0) is 0 Å². The number of hydrogen-bond donors (Lipinski definition) is 2. The van der Waals surface area contributed by atoms with E-state index in [2.05, 4.69) is 10.3 Å². The molecule has 0 spiro atoms. The van der Waals surface area contributed by atoms with Crippen LogP contribution in [0.1, 0.15) is 4.88 Å². The van der Waals surface area contributed by atoms with Gasteiger partial charge in [-0.1, -0.05) is 11.6 Å². The van der Waals surface area contributed by atoms with E-state index in [1.54, 1.807) is 12.3 Å². The van der Waals surface area contributed by atoms with Crippen LogP contribution in [-0.2, 0) is 16.6 Å². The third kappa shape index (κ3) is 3.27. The molecule has 7 nitrogen and oxygen atoms in total. The molecular weight excluding hydrogens is 350 g/mol. The van der Waals surface area contributed by atoms with Gasteiger partial charge in [-0.25, -0.2) is 18.5 Å². The number of primary sulfonamides is 1. The van der Waals surface area contributed by atoms with Crippen molar-refractivity contribution in [2.24, 2.45) is 5.14 Å². The molecular formula is C12H12ClN3O4S2. The van der Waals surface area contributed by atoms with Crippen molar-refractivity contribution in [3.63, 3.8) is 0 Å². The Bertz CT molecular complexity index is 807. The van der Waals surface area contributed by atoms with Crippen molar-refractivity contribution in [1.29, 1.82) is 0 Å². The fourth-order valence-electron chi connectivity index (χ4n) is 1.99. The maximum absolute atomic E-state index is 11.8. The second-order valence-electron chi connectivity index (χ2n) is 4.47. The number of fused-ring (bicyclic) bond motifs is 1. The van der Waals surface area contributed by atoms with Crippen LogP contribution in [0.5, 0.6) is 11.5 Å². The minimum absolute atomic E-state index is 0.0487. The Morgan fingerprint density at radius 3 is 2.59 bits per heavy atom. The van der Waals surface area contributed by atoms with Gasteiger partial charge >= 0.3 is 0 Å². The molecule has 2 aromatic rings. The monoisotopic (exact) mass is 361 g/mol. The fraction of sp³-hybridized carbons (Fsp3) is 0.250. The minimum atomic E-state index is -3.90. The first-order valence-corrected chi connectivity index (χ1v) is 8.98. The highest BCUT2D eigenvalue weighted by Crippen LogP contribution is 2.37. The van der Waals surface area contributed by atoms with E-state index in [9.17, 15) is 8.42 Å². The number of rotatable bonds is 4. The molecule has 1 aromatic heterocycles. The Labute approximate surface area is 136 Å². The number of thiazole rings is 1. The Morgan fingerprint density at radius 1 is 1.32 bits per heavy atom. The molecule has 0 amide bonds. The van der Waals surface area contributed by atoms with Gasteiger partial charge in [0.05, 0.1) is 12.2 Å². The van der Waals surface area contributed by atoms with Crippen molar-refractivity contribution in [2.75, 3.05) is 18.5 Å². The number of nitrogens with zero attached hydrogens (tertiary/aromatic N) is 1. The number of nitrogens with one attached hydrogen (secondary N) is 1. The number of nitrogens with two attached hydrogens (primary N) is 1. The van der Waals surface area contributed by atoms with Gasteiger partial charge in [0.1, 0.15) is 18.1 Å². The molecule has 118 valence electrons. The van der Waals surface area contributed by atoms with E-state index in [1.807, 2.05) is 0 Å². The van der Waals surface area contributed by atoms with Crippen LogP contribution in [0.15, 0.2) is 23.2 Å². The van der Waals surface area contributed by atoms with E-state index in [4.69, 9.17) is 26.2 Å². The Kier molecular flexibility index (Phi) is 4.13. The van der Waals surface area contributed by atoms with Gasteiger partial charge in [0, 0.05) is 23.2 Å². The molecule has 0 unspecified atom stereocenters. The summed E-state index contributed by atoms with van der Waals surface area (Å²) in [5.74, 6) is 0.838. The van der Waals surface area contributed by atoms with Crippen molar-refractivity contribution in [1.82, 2.24) is 4.98 Å². The molecule has 0 saturated heterocycles. The molecule has 10 heteroatoms. The van der Waals surface area contributed by atoms with Gasteiger partial charge in [-0.15, -0.1) is 11.3 Å². The molecule has 3 N–H and O–H groups in total. The summed E-state index contributed by atoms with van der Waals surface area (Å²) in [4.78, 5) is 4.74. The quantitative estimate of drug-likeness (QED) is 0.861. The van der Waals surface area contributed by atoms with E-state index in [0.29, 0.717) is 41.4 Å². The highest BCUT2D eigenvalue weighted by atomic mass is 35.5. The number of anilines is 1. The predicted molar refractivity (Wildman–Crippen MR) is 83.3 cm³/mol. The number of halogens is 1. The van der Waals surface area contributed by atoms with Crippen LogP contribution in [0.25, 0.3) is 0 Å². The zero-order chi connectivity index (χ0) is 15.7. The second kappa shape index (κ2) is 5.92. The molecule has 3 rings (SSSR count). The lowest BCUT2D eigenvalue weighted by atomic mass is 10.2. The standard InChI is InChI=1S/C12H12ClN3O4S2/c13-12-16-6-7(21-12)5-15-8-3-9-10(20-2-1-19-9)4-11(8)22(14,17)18/h3-4,6,15H,1-2,5H2,(H2,14,17,18). The zero-order valence-corrected chi connectivity index (χ0v) is 13.6. The molecule has 0 bridgehead atoms. The minimum Gasteiger partial charge on any atom is -0.486 e. The molecule has 0 aliphatic carbocycles. The smallest absolute Gasteiger partial charge is 0.240 e. The molecule has 22 heavy (non-hydrogen) atoms. The van der Waals surface area contributed by atoms with Crippen LogP contribution in [0.2, 0.25) is 4.47 Å². The lowest BCUT2D eigenvalue weighted by Gasteiger charge is -2.21.